The van der Waals surface area contributed by atoms with Crippen LogP contribution in [0, 0.1) is 5.82 Å². The highest BCUT2D eigenvalue weighted by molar-refractivity contribution is 7.91. The van der Waals surface area contributed by atoms with Crippen molar-refractivity contribution in [2.75, 3.05) is 28.3 Å². The molecule has 1 saturated heterocycles. The third-order valence-corrected chi connectivity index (χ3v) is 5.94. The predicted molar refractivity (Wildman–Crippen MR) is 93.6 cm³/mol. The average molecular weight is 365 g/mol. The summed E-state index contributed by atoms with van der Waals surface area (Å²) in [6, 6.07) is 6.07. The van der Waals surface area contributed by atoms with E-state index >= 15 is 0 Å². The molecule has 1 fully saturated rings. The van der Waals surface area contributed by atoms with Crippen LogP contribution in [0.1, 0.15) is 18.9 Å². The molecule has 0 amide bonds. The number of hydrogen-bond donors (Lipinski definition) is 1. The summed E-state index contributed by atoms with van der Waals surface area (Å²) in [4.78, 5) is 6.39. The molecular formula is C16H20FN5O2S. The lowest BCUT2D eigenvalue weighted by atomic mass is 10.2. The van der Waals surface area contributed by atoms with Gasteiger partial charge in [0.25, 0.3) is 0 Å². The lowest BCUT2D eigenvalue weighted by molar-refractivity contribution is 0.599. The summed E-state index contributed by atoms with van der Waals surface area (Å²) in [5, 5.41) is 11.0. The molecule has 3 rings (SSSR count). The molecule has 7 nitrogen and oxygen atoms in total. The molecule has 1 aliphatic heterocycles. The highest BCUT2D eigenvalue weighted by Crippen LogP contribution is 2.22. The average Bonchev–Trinajstić information content (AvgIpc) is 2.95. The molecule has 0 bridgehead atoms. The minimum Gasteiger partial charge on any atom is -0.351 e. The number of nitrogens with one attached hydrogen (secondary N) is 1. The molecule has 1 N–H and O–H groups in total. The summed E-state index contributed by atoms with van der Waals surface area (Å²) in [5.41, 5.74) is 0.893. The number of nitrogens with zero attached hydrogens (tertiary/aromatic N) is 4. The van der Waals surface area contributed by atoms with Crippen LogP contribution in [-0.4, -0.2) is 47.7 Å². The van der Waals surface area contributed by atoms with Gasteiger partial charge in [0.05, 0.1) is 17.7 Å². The quantitative estimate of drug-likeness (QED) is 0.832. The molecule has 134 valence electrons. The topological polar surface area (TPSA) is 88.1 Å². The van der Waals surface area contributed by atoms with Crippen molar-refractivity contribution in [3.8, 4) is 0 Å². The van der Waals surface area contributed by atoms with Gasteiger partial charge in [0.2, 0.25) is 5.95 Å². The van der Waals surface area contributed by atoms with E-state index in [0.717, 1.165) is 5.56 Å². The van der Waals surface area contributed by atoms with E-state index in [9.17, 15) is 12.8 Å². The summed E-state index contributed by atoms with van der Waals surface area (Å²) in [5.74, 6) is 1.02. The Hall–Kier alpha value is -2.29. The van der Waals surface area contributed by atoms with Gasteiger partial charge in [0, 0.05) is 19.1 Å². The first kappa shape index (κ1) is 17.5. The van der Waals surface area contributed by atoms with Gasteiger partial charge in [-0.3, -0.25) is 0 Å². The Labute approximate surface area is 146 Å². The summed E-state index contributed by atoms with van der Waals surface area (Å²) in [6.45, 7) is 3.03. The first-order chi connectivity index (χ1) is 12.0. The summed E-state index contributed by atoms with van der Waals surface area (Å²) in [7, 11) is -2.97. The monoisotopic (exact) mass is 365 g/mol. The van der Waals surface area contributed by atoms with Gasteiger partial charge >= 0.3 is 0 Å². The van der Waals surface area contributed by atoms with Crippen molar-refractivity contribution in [1.29, 1.82) is 0 Å². The van der Waals surface area contributed by atoms with Crippen LogP contribution in [0.15, 0.2) is 30.5 Å². The van der Waals surface area contributed by atoms with Crippen LogP contribution in [-0.2, 0) is 16.4 Å². The molecule has 1 aromatic heterocycles. The van der Waals surface area contributed by atoms with E-state index in [4.69, 9.17) is 0 Å². The van der Waals surface area contributed by atoms with Crippen molar-refractivity contribution in [3.63, 3.8) is 0 Å². The van der Waals surface area contributed by atoms with E-state index in [-0.39, 0.29) is 23.4 Å². The van der Waals surface area contributed by atoms with Crippen LogP contribution in [0.25, 0.3) is 0 Å². The van der Waals surface area contributed by atoms with E-state index in [0.29, 0.717) is 31.3 Å². The van der Waals surface area contributed by atoms with Crippen molar-refractivity contribution >= 4 is 21.6 Å². The van der Waals surface area contributed by atoms with Gasteiger partial charge in [-0.1, -0.05) is 12.1 Å². The van der Waals surface area contributed by atoms with E-state index in [1.807, 2.05) is 11.8 Å². The molecule has 25 heavy (non-hydrogen) atoms. The van der Waals surface area contributed by atoms with E-state index in [1.165, 1.54) is 18.3 Å². The van der Waals surface area contributed by atoms with Crippen molar-refractivity contribution in [1.82, 2.24) is 15.2 Å². The largest absolute Gasteiger partial charge is 0.351 e. The minimum absolute atomic E-state index is 0.0864. The normalized spacial score (nSPS) is 18.9. The SMILES string of the molecule is CCN(c1cnnc(NCc2ccc(F)cc2)n1)C1CCS(=O)(=O)C1. The molecule has 1 atom stereocenters. The Morgan fingerprint density at radius 1 is 1.32 bits per heavy atom. The van der Waals surface area contributed by atoms with Gasteiger partial charge < -0.3 is 10.2 Å². The van der Waals surface area contributed by atoms with Crippen molar-refractivity contribution in [3.05, 3.63) is 41.8 Å². The molecule has 2 heterocycles. The maximum atomic E-state index is 12.9. The van der Waals surface area contributed by atoms with Gasteiger partial charge in [-0.2, -0.15) is 10.1 Å². The number of aromatic nitrogens is 3. The van der Waals surface area contributed by atoms with Crippen molar-refractivity contribution < 1.29 is 12.8 Å². The molecular weight excluding hydrogens is 345 g/mol. The van der Waals surface area contributed by atoms with E-state index in [1.54, 1.807) is 12.1 Å². The van der Waals surface area contributed by atoms with Crippen LogP contribution in [0.4, 0.5) is 16.2 Å². The van der Waals surface area contributed by atoms with E-state index < -0.39 is 9.84 Å². The molecule has 1 unspecified atom stereocenters. The minimum atomic E-state index is -2.97. The van der Waals surface area contributed by atoms with Crippen molar-refractivity contribution in [2.24, 2.45) is 0 Å². The Morgan fingerprint density at radius 2 is 2.08 bits per heavy atom. The molecule has 1 aromatic carbocycles. The fourth-order valence-electron chi connectivity index (χ4n) is 2.92. The number of hydrogen-bond acceptors (Lipinski definition) is 7. The Kier molecular flexibility index (Phi) is 5.12. The van der Waals surface area contributed by atoms with Crippen LogP contribution in [0.5, 0.6) is 0 Å². The van der Waals surface area contributed by atoms with Crippen LogP contribution < -0.4 is 10.2 Å². The highest BCUT2D eigenvalue weighted by atomic mass is 32.2. The first-order valence-corrected chi connectivity index (χ1v) is 9.94. The fourth-order valence-corrected chi connectivity index (χ4v) is 4.65. The Bertz CT molecular complexity index is 829. The number of rotatable bonds is 6. The second-order valence-corrected chi connectivity index (χ2v) is 8.19. The standard InChI is InChI=1S/C16H20FN5O2S/c1-2-22(14-7-8-25(23,24)11-14)15-10-19-21-16(20-15)18-9-12-3-5-13(17)6-4-12/h3-6,10,14H,2,7-9,11H2,1H3,(H,18,20,21). The second-order valence-electron chi connectivity index (χ2n) is 5.96. The maximum absolute atomic E-state index is 12.9. The first-order valence-electron chi connectivity index (χ1n) is 8.12. The molecule has 1 aliphatic rings. The van der Waals surface area contributed by atoms with Gasteiger partial charge in [0.15, 0.2) is 15.7 Å². The van der Waals surface area contributed by atoms with Crippen LogP contribution >= 0.6 is 0 Å². The zero-order valence-corrected chi connectivity index (χ0v) is 14.7. The van der Waals surface area contributed by atoms with Gasteiger partial charge in [0.1, 0.15) is 5.82 Å². The molecule has 2 aromatic rings. The van der Waals surface area contributed by atoms with Crippen LogP contribution in [0.3, 0.4) is 0 Å². The lowest BCUT2D eigenvalue weighted by Crippen LogP contribution is -2.37. The van der Waals surface area contributed by atoms with Gasteiger partial charge in [-0.15, -0.1) is 5.10 Å². The number of halogens is 1. The number of anilines is 2. The molecule has 0 saturated carbocycles. The highest BCUT2D eigenvalue weighted by Gasteiger charge is 2.32. The zero-order valence-electron chi connectivity index (χ0n) is 13.9. The Morgan fingerprint density at radius 3 is 2.72 bits per heavy atom. The summed E-state index contributed by atoms with van der Waals surface area (Å²) in [6.07, 6.45) is 2.13. The number of benzene rings is 1. The van der Waals surface area contributed by atoms with Gasteiger partial charge in [-0.25, -0.2) is 12.8 Å². The smallest absolute Gasteiger partial charge is 0.244 e. The fraction of sp³-hybridized carbons (Fsp3) is 0.438. The maximum Gasteiger partial charge on any atom is 0.244 e. The lowest BCUT2D eigenvalue weighted by Gasteiger charge is -2.27. The summed E-state index contributed by atoms with van der Waals surface area (Å²) < 4.78 is 36.4. The third-order valence-electron chi connectivity index (χ3n) is 4.19. The van der Waals surface area contributed by atoms with Crippen molar-refractivity contribution in [2.45, 2.75) is 25.9 Å². The summed E-state index contributed by atoms with van der Waals surface area (Å²) >= 11 is 0. The molecule has 9 heteroatoms. The molecule has 0 aliphatic carbocycles. The number of sulfone groups is 1. The zero-order chi connectivity index (χ0) is 17.9. The third kappa shape index (κ3) is 4.41. The van der Waals surface area contributed by atoms with E-state index in [2.05, 4.69) is 20.5 Å². The molecule has 0 radical (unpaired) electrons. The van der Waals surface area contributed by atoms with Crippen LogP contribution in [0.2, 0.25) is 0 Å². The second kappa shape index (κ2) is 7.30. The molecule has 0 spiro atoms. The van der Waals surface area contributed by atoms with Gasteiger partial charge in [-0.05, 0) is 31.0 Å². The predicted octanol–water partition coefficient (Wildman–Crippen LogP) is 1.64. The Balaban J connectivity index is 1.70.